The molecule has 0 unspecified atom stereocenters. The fraction of sp³-hybridized carbons (Fsp3) is 0.846. The quantitative estimate of drug-likeness (QED) is 0.393. The van der Waals surface area contributed by atoms with E-state index in [0.717, 1.165) is 0 Å². The average molecular weight is 274 g/mol. The standard InChI is InChI=1S/C13H22O6/c1-5-6-16-12-11-10(18-13(2,3)19-11)9(17-12)7-15-8-14-4/h5,9-12H,1,6-8H2,2-4H3/t9-,10+,11+,12-/m1/s1. The zero-order valence-corrected chi connectivity index (χ0v) is 11.7. The molecule has 0 N–H and O–H groups in total. The van der Waals surface area contributed by atoms with Gasteiger partial charge in [0.25, 0.3) is 0 Å². The smallest absolute Gasteiger partial charge is 0.187 e. The molecule has 2 rings (SSSR count). The second-order valence-corrected chi connectivity index (χ2v) is 5.01. The predicted molar refractivity (Wildman–Crippen MR) is 66.5 cm³/mol. The normalized spacial score (nSPS) is 36.4. The summed E-state index contributed by atoms with van der Waals surface area (Å²) >= 11 is 0. The van der Waals surface area contributed by atoms with Crippen LogP contribution in [0.3, 0.4) is 0 Å². The predicted octanol–water partition coefficient (Wildman–Crippen LogP) is 1.05. The Morgan fingerprint density at radius 3 is 2.68 bits per heavy atom. The van der Waals surface area contributed by atoms with Crippen LogP contribution in [0, 0.1) is 0 Å². The lowest BCUT2D eigenvalue weighted by Crippen LogP contribution is -2.33. The lowest BCUT2D eigenvalue weighted by Gasteiger charge is -2.23. The Morgan fingerprint density at radius 1 is 1.26 bits per heavy atom. The van der Waals surface area contributed by atoms with Gasteiger partial charge in [-0.05, 0) is 13.8 Å². The number of hydrogen-bond donors (Lipinski definition) is 0. The van der Waals surface area contributed by atoms with Crippen LogP contribution in [0.1, 0.15) is 13.8 Å². The molecule has 0 aromatic carbocycles. The van der Waals surface area contributed by atoms with E-state index < -0.39 is 12.1 Å². The molecule has 0 radical (unpaired) electrons. The number of fused-ring (bicyclic) bond motifs is 1. The Morgan fingerprint density at radius 2 is 2.00 bits per heavy atom. The number of rotatable bonds is 7. The van der Waals surface area contributed by atoms with Crippen LogP contribution < -0.4 is 0 Å². The van der Waals surface area contributed by atoms with Crippen molar-refractivity contribution in [2.75, 3.05) is 27.1 Å². The highest BCUT2D eigenvalue weighted by molar-refractivity contribution is 4.95. The van der Waals surface area contributed by atoms with Crippen LogP contribution in [0.15, 0.2) is 12.7 Å². The van der Waals surface area contributed by atoms with Gasteiger partial charge in [0.1, 0.15) is 25.1 Å². The minimum atomic E-state index is -0.631. The van der Waals surface area contributed by atoms with Crippen molar-refractivity contribution in [3.8, 4) is 0 Å². The van der Waals surface area contributed by atoms with Gasteiger partial charge >= 0.3 is 0 Å². The van der Waals surface area contributed by atoms with Gasteiger partial charge < -0.3 is 28.4 Å². The monoisotopic (exact) mass is 274 g/mol. The number of hydrogen-bond acceptors (Lipinski definition) is 6. The molecule has 6 heteroatoms. The summed E-state index contributed by atoms with van der Waals surface area (Å²) in [5, 5.41) is 0. The van der Waals surface area contributed by atoms with Gasteiger partial charge in [-0.25, -0.2) is 0 Å². The Kier molecular flexibility index (Phi) is 4.94. The first-order valence-electron chi connectivity index (χ1n) is 6.37. The highest BCUT2D eigenvalue weighted by Gasteiger charge is 2.55. The van der Waals surface area contributed by atoms with Crippen molar-refractivity contribution in [2.24, 2.45) is 0 Å². The SMILES string of the molecule is C=CCO[C@@H]1O[C@H](COCOC)[C@@H]2OC(C)(C)O[C@H]12. The zero-order valence-electron chi connectivity index (χ0n) is 11.7. The average Bonchev–Trinajstić information content (AvgIpc) is 2.82. The largest absolute Gasteiger partial charge is 0.359 e. The van der Waals surface area contributed by atoms with Gasteiger partial charge in [0.2, 0.25) is 0 Å². The summed E-state index contributed by atoms with van der Waals surface area (Å²) in [4.78, 5) is 0. The van der Waals surface area contributed by atoms with Crippen molar-refractivity contribution >= 4 is 0 Å². The van der Waals surface area contributed by atoms with Crippen LogP contribution in [0.5, 0.6) is 0 Å². The molecule has 0 amide bonds. The fourth-order valence-corrected chi connectivity index (χ4v) is 2.32. The highest BCUT2D eigenvalue weighted by Crippen LogP contribution is 2.39. The van der Waals surface area contributed by atoms with Gasteiger partial charge in [0.15, 0.2) is 12.1 Å². The molecule has 4 atom stereocenters. The van der Waals surface area contributed by atoms with Gasteiger partial charge in [-0.3, -0.25) is 0 Å². The number of methoxy groups -OCH3 is 1. The van der Waals surface area contributed by atoms with E-state index in [0.29, 0.717) is 13.2 Å². The van der Waals surface area contributed by atoms with Gasteiger partial charge in [-0.1, -0.05) is 6.08 Å². The molecule has 0 saturated carbocycles. The molecular weight excluding hydrogens is 252 g/mol. The first-order chi connectivity index (χ1) is 9.07. The summed E-state index contributed by atoms with van der Waals surface area (Å²) in [6, 6.07) is 0. The topological polar surface area (TPSA) is 55.4 Å². The van der Waals surface area contributed by atoms with Crippen molar-refractivity contribution in [1.82, 2.24) is 0 Å². The molecule has 6 nitrogen and oxygen atoms in total. The highest BCUT2D eigenvalue weighted by atomic mass is 16.8. The molecule has 0 aromatic rings. The molecule has 2 heterocycles. The first kappa shape index (κ1) is 14.9. The van der Waals surface area contributed by atoms with E-state index in [1.807, 2.05) is 13.8 Å². The van der Waals surface area contributed by atoms with E-state index in [4.69, 9.17) is 28.4 Å². The molecule has 2 saturated heterocycles. The molecule has 2 aliphatic heterocycles. The molecule has 0 bridgehead atoms. The molecule has 19 heavy (non-hydrogen) atoms. The molecule has 110 valence electrons. The second-order valence-electron chi connectivity index (χ2n) is 5.01. The van der Waals surface area contributed by atoms with Gasteiger partial charge in [0, 0.05) is 7.11 Å². The maximum Gasteiger partial charge on any atom is 0.187 e. The first-order valence-corrected chi connectivity index (χ1v) is 6.37. The summed E-state index contributed by atoms with van der Waals surface area (Å²) in [7, 11) is 1.58. The molecule has 0 aromatic heterocycles. The molecule has 2 fully saturated rings. The maximum absolute atomic E-state index is 5.85. The van der Waals surface area contributed by atoms with Gasteiger partial charge in [0.05, 0.1) is 13.2 Å². The minimum absolute atomic E-state index is 0.193. The van der Waals surface area contributed by atoms with Gasteiger partial charge in [-0.2, -0.15) is 0 Å². The number of ether oxygens (including phenoxy) is 6. The third-order valence-corrected chi connectivity index (χ3v) is 2.97. The van der Waals surface area contributed by atoms with Crippen LogP contribution >= 0.6 is 0 Å². The summed E-state index contributed by atoms with van der Waals surface area (Å²) < 4.78 is 33.2. The van der Waals surface area contributed by atoms with Crippen LogP contribution in [0.4, 0.5) is 0 Å². The van der Waals surface area contributed by atoms with Crippen molar-refractivity contribution in [1.29, 1.82) is 0 Å². The Labute approximate surface area is 113 Å². The summed E-state index contributed by atoms with van der Waals surface area (Å²) in [5.74, 6) is -0.631. The molecule has 2 aliphatic rings. The lowest BCUT2D eigenvalue weighted by atomic mass is 10.1. The van der Waals surface area contributed by atoms with Crippen LogP contribution in [0.25, 0.3) is 0 Å². The Bertz CT molecular complexity index is 306. The maximum atomic E-state index is 5.85. The third-order valence-electron chi connectivity index (χ3n) is 2.97. The van der Waals surface area contributed by atoms with E-state index in [2.05, 4.69) is 6.58 Å². The van der Waals surface area contributed by atoms with Crippen LogP contribution in [-0.4, -0.2) is 57.5 Å². The van der Waals surface area contributed by atoms with E-state index in [1.165, 1.54) is 0 Å². The van der Waals surface area contributed by atoms with Crippen molar-refractivity contribution in [3.05, 3.63) is 12.7 Å². The molecule has 0 aliphatic carbocycles. The fourth-order valence-electron chi connectivity index (χ4n) is 2.32. The minimum Gasteiger partial charge on any atom is -0.359 e. The zero-order chi connectivity index (χ0) is 13.9. The summed E-state index contributed by atoms with van der Waals surface area (Å²) in [6.45, 7) is 8.38. The van der Waals surface area contributed by atoms with E-state index >= 15 is 0 Å². The third kappa shape index (κ3) is 3.53. The second kappa shape index (κ2) is 6.30. The lowest BCUT2D eigenvalue weighted by molar-refractivity contribution is -0.237. The van der Waals surface area contributed by atoms with E-state index in [9.17, 15) is 0 Å². The van der Waals surface area contributed by atoms with Crippen LogP contribution in [-0.2, 0) is 28.4 Å². The van der Waals surface area contributed by atoms with E-state index in [-0.39, 0.29) is 25.1 Å². The van der Waals surface area contributed by atoms with Crippen molar-refractivity contribution in [3.63, 3.8) is 0 Å². The van der Waals surface area contributed by atoms with E-state index in [1.54, 1.807) is 13.2 Å². The molecular formula is C13H22O6. The summed E-state index contributed by atoms with van der Waals surface area (Å²) in [5.41, 5.74) is 0. The Balaban J connectivity index is 1.95. The van der Waals surface area contributed by atoms with Crippen LogP contribution in [0.2, 0.25) is 0 Å². The molecule has 0 spiro atoms. The van der Waals surface area contributed by atoms with Crippen molar-refractivity contribution < 1.29 is 28.4 Å². The van der Waals surface area contributed by atoms with Gasteiger partial charge in [-0.15, -0.1) is 6.58 Å². The Hall–Kier alpha value is -0.500. The summed E-state index contributed by atoms with van der Waals surface area (Å²) in [6.07, 6.45) is 0.555. The van der Waals surface area contributed by atoms with Crippen molar-refractivity contribution in [2.45, 2.75) is 44.2 Å².